The van der Waals surface area contributed by atoms with E-state index in [2.05, 4.69) is 15.3 Å². The smallest absolute Gasteiger partial charge is 0.236 e. The van der Waals surface area contributed by atoms with Crippen molar-refractivity contribution in [2.45, 2.75) is 32.6 Å². The predicted octanol–water partition coefficient (Wildman–Crippen LogP) is 3.89. The largest absolute Gasteiger partial charge is 0.326 e. The van der Waals surface area contributed by atoms with Crippen molar-refractivity contribution < 1.29 is 9.59 Å². The number of likely N-dealkylation sites (N-methyl/N-ethyl adjacent to an activating group) is 1. The number of carbonyl (C=O) groups is 2. The Bertz CT molecular complexity index is 1130. The second kappa shape index (κ2) is 7.37. The summed E-state index contributed by atoms with van der Waals surface area (Å²) in [7, 11) is 1.82. The monoisotopic (exact) mass is 400 g/mol. The van der Waals surface area contributed by atoms with Crippen molar-refractivity contribution in [2.24, 2.45) is 0 Å². The molecule has 2 aliphatic heterocycles. The maximum Gasteiger partial charge on any atom is 0.236 e. The van der Waals surface area contributed by atoms with Crippen molar-refractivity contribution >= 4 is 23.2 Å². The van der Waals surface area contributed by atoms with Gasteiger partial charge in [-0.15, -0.1) is 0 Å². The molecule has 0 spiro atoms. The quantitative estimate of drug-likeness (QED) is 0.672. The maximum absolute atomic E-state index is 12.3. The summed E-state index contributed by atoms with van der Waals surface area (Å²) in [5.41, 5.74) is 6.50. The van der Waals surface area contributed by atoms with Crippen LogP contribution in [0.15, 0.2) is 55.0 Å². The lowest BCUT2D eigenvalue weighted by Gasteiger charge is -2.15. The Hall–Kier alpha value is -3.54. The molecule has 6 heteroatoms. The van der Waals surface area contributed by atoms with Crippen LogP contribution in [0.1, 0.15) is 30.5 Å². The molecule has 2 aliphatic rings. The SMILES string of the molecule is Cc1cnccc1-c1cc2c(cn1)C(C)(C)C(=O)N2C.O=C1Cc2ccccc2N1. The van der Waals surface area contributed by atoms with Gasteiger partial charge in [0, 0.05) is 42.5 Å². The second-order valence-electron chi connectivity index (χ2n) is 8.15. The first kappa shape index (κ1) is 19.8. The minimum Gasteiger partial charge on any atom is -0.326 e. The van der Waals surface area contributed by atoms with E-state index in [0.29, 0.717) is 6.42 Å². The highest BCUT2D eigenvalue weighted by atomic mass is 16.2. The van der Waals surface area contributed by atoms with E-state index in [1.165, 1.54) is 0 Å². The lowest BCUT2D eigenvalue weighted by Crippen LogP contribution is -2.33. The fourth-order valence-electron chi connectivity index (χ4n) is 3.92. The van der Waals surface area contributed by atoms with Crippen LogP contribution in [0, 0.1) is 6.92 Å². The molecule has 4 heterocycles. The lowest BCUT2D eigenvalue weighted by atomic mass is 9.87. The van der Waals surface area contributed by atoms with Gasteiger partial charge in [0.05, 0.1) is 23.2 Å². The van der Waals surface area contributed by atoms with Crippen LogP contribution in [0.2, 0.25) is 0 Å². The van der Waals surface area contributed by atoms with Crippen molar-refractivity contribution in [1.82, 2.24) is 9.97 Å². The van der Waals surface area contributed by atoms with Crippen molar-refractivity contribution in [3.8, 4) is 11.3 Å². The van der Waals surface area contributed by atoms with Gasteiger partial charge in [-0.3, -0.25) is 19.6 Å². The molecule has 30 heavy (non-hydrogen) atoms. The van der Waals surface area contributed by atoms with Crippen LogP contribution in [-0.2, 0) is 21.4 Å². The van der Waals surface area contributed by atoms with Gasteiger partial charge < -0.3 is 10.2 Å². The third-order valence-electron chi connectivity index (χ3n) is 5.69. The minimum absolute atomic E-state index is 0.0983. The van der Waals surface area contributed by atoms with Gasteiger partial charge >= 0.3 is 0 Å². The molecule has 2 aromatic heterocycles. The van der Waals surface area contributed by atoms with E-state index < -0.39 is 5.41 Å². The number of nitrogens with one attached hydrogen (secondary N) is 1. The van der Waals surface area contributed by atoms with Gasteiger partial charge in [0.1, 0.15) is 0 Å². The highest BCUT2D eigenvalue weighted by molar-refractivity contribution is 6.07. The Morgan fingerprint density at radius 2 is 1.87 bits per heavy atom. The molecule has 0 bridgehead atoms. The number of carbonyl (C=O) groups excluding carboxylic acids is 2. The maximum atomic E-state index is 12.3. The summed E-state index contributed by atoms with van der Waals surface area (Å²) >= 11 is 0. The predicted molar refractivity (Wildman–Crippen MR) is 117 cm³/mol. The minimum atomic E-state index is -0.497. The fraction of sp³-hybridized carbons (Fsp3) is 0.250. The van der Waals surface area contributed by atoms with Gasteiger partial charge in [0.15, 0.2) is 0 Å². The first-order chi connectivity index (χ1) is 14.3. The molecule has 0 aliphatic carbocycles. The molecule has 0 saturated heterocycles. The highest BCUT2D eigenvalue weighted by Gasteiger charge is 2.42. The molecule has 5 rings (SSSR count). The topological polar surface area (TPSA) is 75.2 Å². The number of para-hydroxylation sites is 1. The molecule has 0 unspecified atom stereocenters. The summed E-state index contributed by atoms with van der Waals surface area (Å²) in [6.07, 6.45) is 5.95. The summed E-state index contributed by atoms with van der Waals surface area (Å²) in [6.45, 7) is 5.89. The van der Waals surface area contributed by atoms with Gasteiger partial charge in [-0.05, 0) is 50.1 Å². The van der Waals surface area contributed by atoms with Gasteiger partial charge in [-0.25, -0.2) is 0 Å². The van der Waals surface area contributed by atoms with Crippen LogP contribution in [0.3, 0.4) is 0 Å². The molecule has 0 fully saturated rings. The third-order valence-corrected chi connectivity index (χ3v) is 5.69. The third kappa shape index (κ3) is 3.34. The van der Waals surface area contributed by atoms with Gasteiger partial charge in [-0.1, -0.05) is 18.2 Å². The van der Waals surface area contributed by atoms with Gasteiger partial charge in [-0.2, -0.15) is 0 Å². The van der Waals surface area contributed by atoms with Gasteiger partial charge in [0.2, 0.25) is 11.8 Å². The van der Waals surface area contributed by atoms with Crippen LogP contribution in [0.4, 0.5) is 11.4 Å². The van der Waals surface area contributed by atoms with Crippen LogP contribution in [-0.4, -0.2) is 28.8 Å². The molecule has 2 amide bonds. The number of hydrogen-bond acceptors (Lipinski definition) is 4. The summed E-state index contributed by atoms with van der Waals surface area (Å²) in [6, 6.07) is 11.7. The Balaban J connectivity index is 0.000000181. The molecular formula is C24H24N4O2. The van der Waals surface area contributed by atoms with E-state index >= 15 is 0 Å². The highest BCUT2D eigenvalue weighted by Crippen LogP contribution is 2.41. The molecule has 0 saturated carbocycles. The number of anilines is 2. The van der Waals surface area contributed by atoms with Crippen molar-refractivity contribution in [3.05, 3.63) is 71.7 Å². The fourth-order valence-corrected chi connectivity index (χ4v) is 3.92. The molecule has 6 nitrogen and oxygen atoms in total. The van der Waals surface area contributed by atoms with Crippen molar-refractivity contribution in [2.75, 3.05) is 17.3 Å². The number of fused-ring (bicyclic) bond motifs is 2. The molecule has 0 radical (unpaired) electrons. The molecule has 152 valence electrons. The van der Waals surface area contributed by atoms with Gasteiger partial charge in [0.25, 0.3) is 0 Å². The molecule has 0 atom stereocenters. The number of rotatable bonds is 1. The van der Waals surface area contributed by atoms with Crippen molar-refractivity contribution in [3.63, 3.8) is 0 Å². The molecular weight excluding hydrogens is 376 g/mol. The van der Waals surface area contributed by atoms with Crippen LogP contribution >= 0.6 is 0 Å². The van der Waals surface area contributed by atoms with E-state index in [1.807, 2.05) is 76.6 Å². The zero-order valence-electron chi connectivity index (χ0n) is 17.6. The van der Waals surface area contributed by atoms with Crippen molar-refractivity contribution in [1.29, 1.82) is 0 Å². The number of aromatic nitrogens is 2. The molecule has 1 aromatic carbocycles. The number of hydrogen-bond donors (Lipinski definition) is 1. The number of nitrogens with zero attached hydrogens (tertiary/aromatic N) is 3. The Morgan fingerprint density at radius 1 is 1.10 bits per heavy atom. The van der Waals surface area contributed by atoms with E-state index in [-0.39, 0.29) is 11.8 Å². The number of pyridine rings is 2. The van der Waals surface area contributed by atoms with Crippen LogP contribution in [0.5, 0.6) is 0 Å². The summed E-state index contributed by atoms with van der Waals surface area (Å²) in [5.74, 6) is 0.208. The normalized spacial score (nSPS) is 15.8. The molecule has 3 aromatic rings. The average molecular weight is 400 g/mol. The number of benzene rings is 1. The lowest BCUT2D eigenvalue weighted by molar-refractivity contribution is -0.121. The Kier molecular flexibility index (Phi) is 4.86. The number of aryl methyl sites for hydroxylation is 1. The van der Waals surface area contributed by atoms with E-state index in [1.54, 1.807) is 11.1 Å². The average Bonchev–Trinajstić information content (AvgIpc) is 3.19. The Morgan fingerprint density at radius 3 is 2.60 bits per heavy atom. The second-order valence-corrected chi connectivity index (χ2v) is 8.15. The van der Waals surface area contributed by atoms with E-state index in [0.717, 1.165) is 39.3 Å². The summed E-state index contributed by atoms with van der Waals surface area (Å²) in [5, 5.41) is 2.76. The van der Waals surface area contributed by atoms with E-state index in [9.17, 15) is 9.59 Å². The Labute approximate surface area is 176 Å². The molecule has 1 N–H and O–H groups in total. The van der Waals surface area contributed by atoms with Crippen LogP contribution in [0.25, 0.3) is 11.3 Å². The standard InChI is InChI=1S/C16H17N3O.C8H7NO/c1-10-8-17-6-5-11(10)13-7-14-12(9-18-13)16(2,3)15(20)19(14)4;10-8-5-6-3-1-2-4-7(6)9-8/h5-9H,1-4H3;1-4H,5H2,(H,9,10). The first-order valence-electron chi connectivity index (χ1n) is 9.86. The summed E-state index contributed by atoms with van der Waals surface area (Å²) < 4.78 is 0. The zero-order chi connectivity index (χ0) is 21.5. The van der Waals surface area contributed by atoms with E-state index in [4.69, 9.17) is 0 Å². The first-order valence-corrected chi connectivity index (χ1v) is 9.86. The number of amides is 2. The van der Waals surface area contributed by atoms with Crippen LogP contribution < -0.4 is 10.2 Å². The zero-order valence-corrected chi connectivity index (χ0v) is 17.6. The summed E-state index contributed by atoms with van der Waals surface area (Å²) in [4.78, 5) is 33.4.